The van der Waals surface area contributed by atoms with Gasteiger partial charge in [-0.15, -0.1) is 11.3 Å². The number of ketones is 1. The third-order valence-electron chi connectivity index (χ3n) is 1.21. The van der Waals surface area contributed by atoms with Gasteiger partial charge in [-0.2, -0.15) is 0 Å². The maximum absolute atomic E-state index is 11.0. The zero-order valence-corrected chi connectivity index (χ0v) is 7.96. The molecule has 1 aromatic rings. The highest BCUT2D eigenvalue weighted by Crippen LogP contribution is 2.21. The monoisotopic (exact) mass is 218 g/mol. The zero-order chi connectivity index (χ0) is 7.56. The number of rotatable bonds is 2. The predicted octanol–water partition coefficient (Wildman–Crippen LogP) is 3.10. The Morgan fingerprint density at radius 1 is 1.80 bits per heavy atom. The molecule has 0 saturated carbocycles. The Bertz CT molecular complexity index is 242. The van der Waals surface area contributed by atoms with Crippen molar-refractivity contribution in [2.75, 3.05) is 0 Å². The summed E-state index contributed by atoms with van der Waals surface area (Å²) in [6.45, 7) is 1.87. The van der Waals surface area contributed by atoms with E-state index in [2.05, 4.69) is 15.9 Å². The molecule has 0 bridgehead atoms. The molecular formula is C7H7BrOS. The molecular weight excluding hydrogens is 212 g/mol. The Labute approximate surface area is 72.2 Å². The van der Waals surface area contributed by atoms with Crippen LogP contribution in [0, 0.1) is 0 Å². The van der Waals surface area contributed by atoms with Gasteiger partial charge in [0, 0.05) is 17.4 Å². The van der Waals surface area contributed by atoms with Crippen LogP contribution >= 0.6 is 27.3 Å². The summed E-state index contributed by atoms with van der Waals surface area (Å²) in [6, 6.07) is 1.86. The first-order chi connectivity index (χ1) is 4.74. The van der Waals surface area contributed by atoms with Crippen molar-refractivity contribution in [3.63, 3.8) is 0 Å². The summed E-state index contributed by atoms with van der Waals surface area (Å²) < 4.78 is 1.02. The molecule has 1 rings (SSSR count). The second-order valence-electron chi connectivity index (χ2n) is 1.92. The second-order valence-corrected chi connectivity index (χ2v) is 4.21. The van der Waals surface area contributed by atoms with Crippen LogP contribution < -0.4 is 0 Å². The summed E-state index contributed by atoms with van der Waals surface area (Å²) in [5.74, 6) is 0.210. The average Bonchev–Trinajstić information content (AvgIpc) is 2.34. The molecule has 0 aliphatic heterocycles. The predicted molar refractivity (Wildman–Crippen MR) is 46.6 cm³/mol. The van der Waals surface area contributed by atoms with Gasteiger partial charge in [0.2, 0.25) is 0 Å². The van der Waals surface area contributed by atoms with Gasteiger partial charge in [-0.1, -0.05) is 6.92 Å². The van der Waals surface area contributed by atoms with Gasteiger partial charge in [0.25, 0.3) is 0 Å². The molecule has 3 heteroatoms. The first-order valence-corrected chi connectivity index (χ1v) is 4.68. The van der Waals surface area contributed by atoms with Crippen molar-refractivity contribution in [1.29, 1.82) is 0 Å². The van der Waals surface area contributed by atoms with Crippen LogP contribution in [-0.2, 0) is 0 Å². The lowest BCUT2D eigenvalue weighted by atomic mass is 10.2. The number of halogens is 1. The van der Waals surface area contributed by atoms with E-state index in [1.165, 1.54) is 0 Å². The number of carbonyl (C=O) groups is 1. The van der Waals surface area contributed by atoms with Crippen molar-refractivity contribution in [1.82, 2.24) is 0 Å². The van der Waals surface area contributed by atoms with Crippen LogP contribution in [0.2, 0.25) is 0 Å². The molecule has 0 radical (unpaired) electrons. The van der Waals surface area contributed by atoms with Crippen molar-refractivity contribution >= 4 is 33.0 Å². The Hall–Kier alpha value is -0.150. The summed E-state index contributed by atoms with van der Waals surface area (Å²) in [7, 11) is 0. The van der Waals surface area contributed by atoms with Crippen molar-refractivity contribution in [2.45, 2.75) is 13.3 Å². The summed E-state index contributed by atoms with van der Waals surface area (Å²) in [5.41, 5.74) is 0.819. The fraction of sp³-hybridized carbons (Fsp3) is 0.286. The standard InChI is InChI=1S/C7H7BrOS/c1-2-6(9)5-3-7(8)10-4-5/h3-4H,2H2,1H3. The fourth-order valence-electron chi connectivity index (χ4n) is 0.660. The fourth-order valence-corrected chi connectivity index (χ4v) is 1.82. The number of hydrogen-bond donors (Lipinski definition) is 0. The molecule has 10 heavy (non-hydrogen) atoms. The minimum atomic E-state index is 0.210. The van der Waals surface area contributed by atoms with Gasteiger partial charge >= 0.3 is 0 Å². The summed E-state index contributed by atoms with van der Waals surface area (Å²) in [4.78, 5) is 11.0. The smallest absolute Gasteiger partial charge is 0.163 e. The average molecular weight is 219 g/mol. The van der Waals surface area contributed by atoms with Crippen LogP contribution in [-0.4, -0.2) is 5.78 Å². The highest BCUT2D eigenvalue weighted by Gasteiger charge is 2.03. The first-order valence-electron chi connectivity index (χ1n) is 3.01. The van der Waals surface area contributed by atoms with E-state index in [9.17, 15) is 4.79 Å². The minimum absolute atomic E-state index is 0.210. The SMILES string of the molecule is CCC(=O)c1csc(Br)c1. The maximum Gasteiger partial charge on any atom is 0.163 e. The molecule has 0 aliphatic rings. The van der Waals surface area contributed by atoms with Gasteiger partial charge in [-0.3, -0.25) is 4.79 Å². The van der Waals surface area contributed by atoms with Crippen molar-refractivity contribution < 1.29 is 4.79 Å². The molecule has 54 valence electrons. The van der Waals surface area contributed by atoms with E-state index >= 15 is 0 Å². The molecule has 0 unspecified atom stereocenters. The third-order valence-corrected chi connectivity index (χ3v) is 2.72. The number of Topliss-reactive ketones (excluding diaryl/α,β-unsaturated/α-hetero) is 1. The Morgan fingerprint density at radius 3 is 2.90 bits per heavy atom. The van der Waals surface area contributed by atoms with E-state index in [1.807, 2.05) is 18.4 Å². The number of thiophene rings is 1. The van der Waals surface area contributed by atoms with Gasteiger partial charge in [0.1, 0.15) is 0 Å². The zero-order valence-electron chi connectivity index (χ0n) is 5.56. The van der Waals surface area contributed by atoms with Gasteiger partial charge in [-0.05, 0) is 22.0 Å². The Kier molecular flexibility index (Phi) is 2.63. The Balaban J connectivity index is 2.85. The molecule has 1 nitrogen and oxygen atoms in total. The molecule has 0 N–H and O–H groups in total. The molecule has 1 heterocycles. The third kappa shape index (κ3) is 1.67. The largest absolute Gasteiger partial charge is 0.294 e. The molecule has 0 spiro atoms. The first kappa shape index (κ1) is 7.95. The van der Waals surface area contributed by atoms with Crippen LogP contribution in [0.3, 0.4) is 0 Å². The molecule has 1 aromatic heterocycles. The molecule has 0 aliphatic carbocycles. The van der Waals surface area contributed by atoms with Crippen molar-refractivity contribution in [2.24, 2.45) is 0 Å². The lowest BCUT2D eigenvalue weighted by molar-refractivity contribution is 0.0988. The van der Waals surface area contributed by atoms with Crippen LogP contribution in [0.5, 0.6) is 0 Å². The van der Waals surface area contributed by atoms with Crippen LogP contribution in [0.1, 0.15) is 23.7 Å². The van der Waals surface area contributed by atoms with E-state index in [1.54, 1.807) is 11.3 Å². The van der Waals surface area contributed by atoms with Crippen LogP contribution in [0.4, 0.5) is 0 Å². The number of carbonyl (C=O) groups excluding carboxylic acids is 1. The summed E-state index contributed by atoms with van der Waals surface area (Å²) in [5, 5.41) is 1.87. The van der Waals surface area contributed by atoms with Crippen molar-refractivity contribution in [3.05, 3.63) is 20.8 Å². The van der Waals surface area contributed by atoms with E-state index in [0.717, 1.165) is 9.35 Å². The minimum Gasteiger partial charge on any atom is -0.294 e. The maximum atomic E-state index is 11.0. The molecule has 0 saturated heterocycles. The summed E-state index contributed by atoms with van der Waals surface area (Å²) >= 11 is 4.84. The van der Waals surface area contributed by atoms with E-state index in [-0.39, 0.29) is 5.78 Å². The van der Waals surface area contributed by atoms with Gasteiger partial charge in [-0.25, -0.2) is 0 Å². The van der Waals surface area contributed by atoms with E-state index in [0.29, 0.717) is 6.42 Å². The highest BCUT2D eigenvalue weighted by atomic mass is 79.9. The van der Waals surface area contributed by atoms with E-state index < -0.39 is 0 Å². The molecule has 0 fully saturated rings. The van der Waals surface area contributed by atoms with Gasteiger partial charge < -0.3 is 0 Å². The molecule has 0 atom stereocenters. The van der Waals surface area contributed by atoms with E-state index in [4.69, 9.17) is 0 Å². The normalized spacial score (nSPS) is 9.80. The topological polar surface area (TPSA) is 17.1 Å². The highest BCUT2D eigenvalue weighted by molar-refractivity contribution is 9.11. The molecule has 0 aromatic carbocycles. The van der Waals surface area contributed by atoms with Crippen molar-refractivity contribution in [3.8, 4) is 0 Å². The lowest BCUT2D eigenvalue weighted by Gasteiger charge is -1.87. The second kappa shape index (κ2) is 3.30. The molecule has 0 amide bonds. The Morgan fingerprint density at radius 2 is 2.50 bits per heavy atom. The van der Waals surface area contributed by atoms with Gasteiger partial charge in [0.15, 0.2) is 5.78 Å². The van der Waals surface area contributed by atoms with Crippen LogP contribution in [0.25, 0.3) is 0 Å². The van der Waals surface area contributed by atoms with Crippen LogP contribution in [0.15, 0.2) is 15.2 Å². The quantitative estimate of drug-likeness (QED) is 0.698. The summed E-state index contributed by atoms with van der Waals surface area (Å²) in [6.07, 6.45) is 0.586. The number of hydrogen-bond acceptors (Lipinski definition) is 2. The van der Waals surface area contributed by atoms with Gasteiger partial charge in [0.05, 0.1) is 3.79 Å². The lowest BCUT2D eigenvalue weighted by Crippen LogP contribution is -1.91.